The van der Waals surface area contributed by atoms with Gasteiger partial charge in [-0.25, -0.2) is 9.59 Å². The Hall–Kier alpha value is -2.65. The second kappa shape index (κ2) is 13.8. The van der Waals surface area contributed by atoms with E-state index in [1.165, 1.54) is 9.80 Å². The van der Waals surface area contributed by atoms with Crippen LogP contribution in [0.15, 0.2) is 30.3 Å². The number of hydrogen-bond acceptors (Lipinski definition) is 6. The number of amides is 2. The van der Waals surface area contributed by atoms with Crippen LogP contribution >= 0.6 is 0 Å². The minimum atomic E-state index is -1.03. The monoisotopic (exact) mass is 516 g/mol. The van der Waals surface area contributed by atoms with Crippen LogP contribution in [-0.2, 0) is 20.9 Å². The fraction of sp³-hybridized carbons (Fsp3) is 0.679. The summed E-state index contributed by atoms with van der Waals surface area (Å²) in [6.07, 6.45) is 3.94. The number of rotatable bonds is 12. The molecule has 0 bridgehead atoms. The number of carboxylic acid groups (broad SMARTS) is 1. The summed E-state index contributed by atoms with van der Waals surface area (Å²) in [4.78, 5) is 46.6. The van der Waals surface area contributed by atoms with Crippen LogP contribution in [0.25, 0.3) is 0 Å². The van der Waals surface area contributed by atoms with E-state index in [4.69, 9.17) is 4.74 Å². The lowest BCUT2D eigenvalue weighted by Gasteiger charge is -2.39. The van der Waals surface area contributed by atoms with E-state index in [1.807, 2.05) is 51.1 Å². The van der Waals surface area contributed by atoms with Crippen LogP contribution in [0.4, 0.5) is 4.79 Å². The number of carboxylic acids is 1. The van der Waals surface area contributed by atoms with Gasteiger partial charge in [-0.05, 0) is 62.8 Å². The van der Waals surface area contributed by atoms with E-state index in [-0.39, 0.29) is 19.1 Å². The Morgan fingerprint density at radius 1 is 0.919 bits per heavy atom. The largest absolute Gasteiger partial charge is 0.480 e. The molecule has 9 heteroatoms. The summed E-state index contributed by atoms with van der Waals surface area (Å²) >= 11 is 0. The SMILES string of the molecule is CC(C)(C)C(C(=O)O)N(CCN1CCCC1)C(=O)CN(CCN1CCCC1)C(=O)OCc1ccccc1. The van der Waals surface area contributed by atoms with E-state index < -0.39 is 23.5 Å². The van der Waals surface area contributed by atoms with Gasteiger partial charge in [0.25, 0.3) is 0 Å². The van der Waals surface area contributed by atoms with Crippen molar-refractivity contribution in [1.29, 1.82) is 0 Å². The molecule has 2 amide bonds. The molecule has 3 rings (SSSR count). The van der Waals surface area contributed by atoms with Gasteiger partial charge in [0.1, 0.15) is 19.2 Å². The summed E-state index contributed by atoms with van der Waals surface area (Å²) < 4.78 is 5.58. The standard InChI is InChI=1S/C28H44N4O5/c1-28(2,3)25(26(34)35)32(20-18-30-15-9-10-16-30)24(33)21-31(19-17-29-13-7-8-14-29)27(36)37-22-23-11-5-4-6-12-23/h4-6,11-12,25H,7-10,13-22H2,1-3H3,(H,34,35). The van der Waals surface area contributed by atoms with Gasteiger partial charge < -0.3 is 24.5 Å². The minimum Gasteiger partial charge on any atom is -0.480 e. The van der Waals surface area contributed by atoms with Gasteiger partial charge in [0, 0.05) is 26.2 Å². The highest BCUT2D eigenvalue weighted by atomic mass is 16.6. The summed E-state index contributed by atoms with van der Waals surface area (Å²) in [6.45, 7) is 11.2. The van der Waals surface area contributed by atoms with Crippen molar-refractivity contribution in [3.8, 4) is 0 Å². The fourth-order valence-electron chi connectivity index (χ4n) is 5.19. The molecule has 206 valence electrons. The fourth-order valence-corrected chi connectivity index (χ4v) is 5.19. The molecule has 0 radical (unpaired) electrons. The molecule has 1 aromatic carbocycles. The molecular weight excluding hydrogens is 472 g/mol. The van der Waals surface area contributed by atoms with Crippen molar-refractivity contribution in [1.82, 2.24) is 19.6 Å². The lowest BCUT2D eigenvalue weighted by molar-refractivity contribution is -0.155. The zero-order valence-corrected chi connectivity index (χ0v) is 22.7. The molecule has 1 N–H and O–H groups in total. The Kier molecular flexibility index (Phi) is 10.8. The second-order valence-corrected chi connectivity index (χ2v) is 11.3. The van der Waals surface area contributed by atoms with Gasteiger partial charge in [0.2, 0.25) is 5.91 Å². The van der Waals surface area contributed by atoms with Crippen LogP contribution in [0.5, 0.6) is 0 Å². The first-order valence-electron chi connectivity index (χ1n) is 13.6. The van der Waals surface area contributed by atoms with E-state index >= 15 is 0 Å². The average molecular weight is 517 g/mol. The molecule has 2 saturated heterocycles. The predicted molar refractivity (Wildman–Crippen MR) is 142 cm³/mol. The Balaban J connectivity index is 1.73. The van der Waals surface area contributed by atoms with Crippen molar-refractivity contribution >= 4 is 18.0 Å². The van der Waals surface area contributed by atoms with E-state index in [0.717, 1.165) is 57.4 Å². The highest BCUT2D eigenvalue weighted by Gasteiger charge is 2.40. The van der Waals surface area contributed by atoms with Crippen LogP contribution in [-0.4, -0.2) is 108 Å². The second-order valence-electron chi connectivity index (χ2n) is 11.3. The van der Waals surface area contributed by atoms with Crippen molar-refractivity contribution in [2.45, 2.75) is 59.1 Å². The van der Waals surface area contributed by atoms with E-state index in [2.05, 4.69) is 9.80 Å². The van der Waals surface area contributed by atoms with Crippen LogP contribution in [0, 0.1) is 5.41 Å². The maximum absolute atomic E-state index is 13.7. The first-order valence-corrected chi connectivity index (χ1v) is 13.6. The van der Waals surface area contributed by atoms with Crippen molar-refractivity contribution in [3.05, 3.63) is 35.9 Å². The Morgan fingerprint density at radius 3 is 1.97 bits per heavy atom. The first-order chi connectivity index (χ1) is 17.6. The molecule has 0 saturated carbocycles. The molecule has 9 nitrogen and oxygen atoms in total. The summed E-state index contributed by atoms with van der Waals surface area (Å²) in [7, 11) is 0. The summed E-state index contributed by atoms with van der Waals surface area (Å²) in [5.74, 6) is -1.39. The highest BCUT2D eigenvalue weighted by molar-refractivity contribution is 5.87. The van der Waals surface area contributed by atoms with Crippen LogP contribution in [0.2, 0.25) is 0 Å². The third-order valence-corrected chi connectivity index (χ3v) is 7.22. The number of aliphatic carboxylic acids is 1. The van der Waals surface area contributed by atoms with Crippen LogP contribution < -0.4 is 0 Å². The maximum atomic E-state index is 13.7. The highest BCUT2D eigenvalue weighted by Crippen LogP contribution is 2.25. The quantitative estimate of drug-likeness (QED) is 0.456. The topological polar surface area (TPSA) is 93.6 Å². The molecular formula is C28H44N4O5. The third-order valence-electron chi connectivity index (χ3n) is 7.22. The van der Waals surface area contributed by atoms with Crippen molar-refractivity contribution in [3.63, 3.8) is 0 Å². The van der Waals surface area contributed by atoms with E-state index in [9.17, 15) is 19.5 Å². The maximum Gasteiger partial charge on any atom is 0.410 e. The average Bonchev–Trinajstić information content (AvgIpc) is 3.56. The number of ether oxygens (including phenoxy) is 1. The van der Waals surface area contributed by atoms with E-state index in [1.54, 1.807) is 0 Å². The molecule has 1 atom stereocenters. The normalized spacial score (nSPS) is 17.5. The molecule has 1 aromatic rings. The zero-order chi connectivity index (χ0) is 26.8. The first kappa shape index (κ1) is 28.9. The molecule has 0 spiro atoms. The molecule has 2 fully saturated rings. The lowest BCUT2D eigenvalue weighted by Crippen LogP contribution is -2.56. The molecule has 2 heterocycles. The van der Waals surface area contributed by atoms with Gasteiger partial charge in [0.05, 0.1) is 0 Å². The van der Waals surface area contributed by atoms with E-state index in [0.29, 0.717) is 26.2 Å². The van der Waals surface area contributed by atoms with Gasteiger partial charge in [-0.1, -0.05) is 51.1 Å². The number of benzene rings is 1. The molecule has 2 aliphatic heterocycles. The Bertz CT molecular complexity index is 876. The molecule has 1 unspecified atom stereocenters. The summed E-state index contributed by atoms with van der Waals surface area (Å²) in [5, 5.41) is 10.1. The van der Waals surface area contributed by atoms with Gasteiger partial charge in [-0.15, -0.1) is 0 Å². The number of carbonyl (C=O) groups excluding carboxylic acids is 2. The van der Waals surface area contributed by atoms with Gasteiger partial charge in [-0.3, -0.25) is 9.69 Å². The van der Waals surface area contributed by atoms with Crippen molar-refractivity contribution in [2.24, 2.45) is 5.41 Å². The molecule has 0 aromatic heterocycles. The number of likely N-dealkylation sites (tertiary alicyclic amines) is 2. The predicted octanol–water partition coefficient (Wildman–Crippen LogP) is 3.14. The Labute approximate surface area is 221 Å². The molecule has 37 heavy (non-hydrogen) atoms. The molecule has 0 aliphatic carbocycles. The number of nitrogens with zero attached hydrogens (tertiary/aromatic N) is 4. The zero-order valence-electron chi connectivity index (χ0n) is 22.7. The van der Waals surface area contributed by atoms with Crippen molar-refractivity contribution < 1.29 is 24.2 Å². The smallest absolute Gasteiger partial charge is 0.410 e. The van der Waals surface area contributed by atoms with Gasteiger partial charge in [0.15, 0.2) is 0 Å². The van der Waals surface area contributed by atoms with Crippen molar-refractivity contribution in [2.75, 3.05) is 58.9 Å². The molecule has 2 aliphatic rings. The van der Waals surface area contributed by atoms with Gasteiger partial charge in [-0.2, -0.15) is 0 Å². The summed E-state index contributed by atoms with van der Waals surface area (Å²) in [5.41, 5.74) is 0.202. The third kappa shape index (κ3) is 9.00. The Morgan fingerprint density at radius 2 is 1.46 bits per heavy atom. The minimum absolute atomic E-state index is 0.118. The number of carbonyl (C=O) groups is 3. The van der Waals surface area contributed by atoms with Crippen LogP contribution in [0.3, 0.4) is 0 Å². The lowest BCUT2D eigenvalue weighted by atomic mass is 9.85. The van der Waals surface area contributed by atoms with Gasteiger partial charge >= 0.3 is 12.1 Å². The number of hydrogen-bond donors (Lipinski definition) is 1. The van der Waals surface area contributed by atoms with Crippen LogP contribution in [0.1, 0.15) is 52.0 Å². The summed E-state index contributed by atoms with van der Waals surface area (Å²) in [6, 6.07) is 8.44.